The Balaban J connectivity index is 1.31. The van der Waals surface area contributed by atoms with Crippen LogP contribution in [-0.2, 0) is 0 Å². The zero-order valence-electron chi connectivity index (χ0n) is 22.7. The molecular weight excluding hydrogens is 514 g/mol. The quantitative estimate of drug-likeness (QED) is 0.212. The Morgan fingerprint density at radius 2 is 0.643 bits per heavy atom. The summed E-state index contributed by atoms with van der Waals surface area (Å²) in [5.74, 6) is 0. The van der Waals surface area contributed by atoms with Crippen molar-refractivity contribution in [2.24, 2.45) is 0 Å². The van der Waals surface area contributed by atoms with Crippen molar-refractivity contribution in [1.29, 1.82) is 0 Å². The number of benzene rings is 2. The van der Waals surface area contributed by atoms with Gasteiger partial charge in [0.05, 0.1) is 39.9 Å². The van der Waals surface area contributed by atoms with Crippen LogP contribution in [0.5, 0.6) is 0 Å². The summed E-state index contributed by atoms with van der Waals surface area (Å²) in [5.41, 5.74) is 11.2. The maximum atomic E-state index is 4.96. The van der Waals surface area contributed by atoms with Crippen molar-refractivity contribution in [3.63, 3.8) is 0 Å². The van der Waals surface area contributed by atoms with Crippen LogP contribution >= 0.6 is 0 Å². The predicted octanol–water partition coefficient (Wildman–Crippen LogP) is 8.66. The molecule has 0 amide bonds. The molecule has 42 heavy (non-hydrogen) atoms. The maximum absolute atomic E-state index is 4.96. The minimum absolute atomic E-state index is 0.805. The van der Waals surface area contributed by atoms with Crippen LogP contribution in [0.1, 0.15) is 0 Å². The number of pyridine rings is 5. The predicted molar refractivity (Wildman–Crippen MR) is 168 cm³/mol. The molecule has 0 saturated heterocycles. The largest absolute Gasteiger partial charge is 0.255 e. The van der Waals surface area contributed by atoms with E-state index in [2.05, 4.69) is 75.6 Å². The molecule has 198 valence electrons. The van der Waals surface area contributed by atoms with Gasteiger partial charge in [0.1, 0.15) is 0 Å². The molecule has 0 atom stereocenters. The minimum Gasteiger partial charge on any atom is -0.255 e. The van der Waals surface area contributed by atoms with E-state index in [0.29, 0.717) is 0 Å². The molecule has 2 aromatic carbocycles. The topological polar surface area (TPSA) is 64.5 Å². The molecule has 0 spiro atoms. The van der Waals surface area contributed by atoms with Gasteiger partial charge < -0.3 is 0 Å². The third-order valence-corrected chi connectivity index (χ3v) is 7.05. The van der Waals surface area contributed by atoms with Crippen LogP contribution in [0.15, 0.2) is 152 Å². The van der Waals surface area contributed by atoms with E-state index < -0.39 is 0 Å². The lowest BCUT2D eigenvalue weighted by Gasteiger charge is -2.12. The molecule has 0 aliphatic carbocycles. The summed E-state index contributed by atoms with van der Waals surface area (Å²) in [4.78, 5) is 23.5. The fourth-order valence-corrected chi connectivity index (χ4v) is 4.94. The van der Waals surface area contributed by atoms with Gasteiger partial charge in [-0.15, -0.1) is 0 Å². The van der Waals surface area contributed by atoms with Crippen LogP contribution in [0.25, 0.3) is 67.7 Å². The van der Waals surface area contributed by atoms with E-state index in [1.807, 2.05) is 72.8 Å². The Morgan fingerprint density at radius 1 is 0.262 bits per heavy atom. The molecule has 0 radical (unpaired) electrons. The van der Waals surface area contributed by atoms with E-state index in [9.17, 15) is 0 Å². The van der Waals surface area contributed by atoms with Gasteiger partial charge in [-0.25, -0.2) is 9.97 Å². The van der Waals surface area contributed by atoms with E-state index in [4.69, 9.17) is 9.97 Å². The van der Waals surface area contributed by atoms with Gasteiger partial charge in [-0.3, -0.25) is 15.0 Å². The summed E-state index contributed by atoms with van der Waals surface area (Å²) in [6, 6.07) is 44.9. The van der Waals surface area contributed by atoms with Gasteiger partial charge >= 0.3 is 0 Å². The molecule has 7 aromatic rings. The molecule has 0 bridgehead atoms. The highest BCUT2D eigenvalue weighted by molar-refractivity contribution is 5.79. The molecule has 0 aliphatic heterocycles. The Morgan fingerprint density at radius 3 is 1.05 bits per heavy atom. The van der Waals surface area contributed by atoms with Crippen LogP contribution in [-0.4, -0.2) is 24.9 Å². The summed E-state index contributed by atoms with van der Waals surface area (Å²) in [6.07, 6.45) is 5.38. The summed E-state index contributed by atoms with van der Waals surface area (Å²) < 4.78 is 0. The molecule has 0 aliphatic rings. The van der Waals surface area contributed by atoms with Gasteiger partial charge in [0.15, 0.2) is 0 Å². The molecular formula is C37H25N5. The second kappa shape index (κ2) is 11.4. The zero-order valence-corrected chi connectivity index (χ0v) is 22.7. The van der Waals surface area contributed by atoms with Crippen LogP contribution < -0.4 is 0 Å². The van der Waals surface area contributed by atoms with Gasteiger partial charge in [0.25, 0.3) is 0 Å². The molecule has 0 saturated carbocycles. The number of nitrogens with zero attached hydrogens (tertiary/aromatic N) is 5. The SMILES string of the molecule is c1ccc(-c2cc(-c3ccc(-c4cc(-c5ccccn5)nc(-c5ccccn5)c4)cc3)cc(-c3ccccn3)n2)cc1. The molecule has 5 heterocycles. The molecule has 0 fully saturated rings. The van der Waals surface area contributed by atoms with Gasteiger partial charge in [0, 0.05) is 24.2 Å². The molecule has 5 heteroatoms. The minimum atomic E-state index is 0.805. The first kappa shape index (κ1) is 25.2. The average molecular weight is 540 g/mol. The van der Waals surface area contributed by atoms with Crippen molar-refractivity contribution in [3.05, 3.63) is 152 Å². The van der Waals surface area contributed by atoms with E-state index in [1.54, 1.807) is 18.6 Å². The fourth-order valence-electron chi connectivity index (χ4n) is 4.94. The van der Waals surface area contributed by atoms with E-state index in [1.165, 1.54) is 0 Å². The van der Waals surface area contributed by atoms with Crippen LogP contribution in [0.2, 0.25) is 0 Å². The fraction of sp³-hybridized carbons (Fsp3) is 0. The number of hydrogen-bond donors (Lipinski definition) is 0. The van der Waals surface area contributed by atoms with Crippen molar-refractivity contribution < 1.29 is 0 Å². The van der Waals surface area contributed by atoms with Crippen LogP contribution in [0.4, 0.5) is 0 Å². The molecule has 7 rings (SSSR count). The van der Waals surface area contributed by atoms with Crippen molar-refractivity contribution in [2.45, 2.75) is 0 Å². The van der Waals surface area contributed by atoms with E-state index in [-0.39, 0.29) is 0 Å². The lowest BCUT2D eigenvalue weighted by Crippen LogP contribution is -1.94. The van der Waals surface area contributed by atoms with Crippen molar-refractivity contribution in [3.8, 4) is 67.7 Å². The third-order valence-electron chi connectivity index (χ3n) is 7.05. The highest BCUT2D eigenvalue weighted by Crippen LogP contribution is 2.33. The first-order valence-electron chi connectivity index (χ1n) is 13.7. The Bertz CT molecular complexity index is 1680. The normalized spacial score (nSPS) is 10.9. The number of rotatable bonds is 6. The summed E-state index contributed by atoms with van der Waals surface area (Å²) in [7, 11) is 0. The Kier molecular flexibility index (Phi) is 6.81. The summed E-state index contributed by atoms with van der Waals surface area (Å²) in [5, 5.41) is 0. The molecule has 0 unspecified atom stereocenters. The van der Waals surface area contributed by atoms with Gasteiger partial charge in [-0.1, -0.05) is 72.8 Å². The number of aromatic nitrogens is 5. The average Bonchev–Trinajstić information content (AvgIpc) is 3.09. The second-order valence-corrected chi connectivity index (χ2v) is 9.84. The Labute approximate surface area is 244 Å². The van der Waals surface area contributed by atoms with Crippen LogP contribution in [0, 0.1) is 0 Å². The highest BCUT2D eigenvalue weighted by Gasteiger charge is 2.12. The van der Waals surface area contributed by atoms with Gasteiger partial charge in [0.2, 0.25) is 0 Å². The smallest absolute Gasteiger partial charge is 0.0900 e. The van der Waals surface area contributed by atoms with Crippen LogP contribution in [0.3, 0.4) is 0 Å². The molecule has 0 N–H and O–H groups in total. The summed E-state index contributed by atoms with van der Waals surface area (Å²) in [6.45, 7) is 0. The van der Waals surface area contributed by atoms with E-state index in [0.717, 1.165) is 67.7 Å². The first-order chi connectivity index (χ1) is 20.8. The zero-order chi connectivity index (χ0) is 28.1. The Hall–Kier alpha value is -5.81. The maximum Gasteiger partial charge on any atom is 0.0900 e. The van der Waals surface area contributed by atoms with Gasteiger partial charge in [-0.05, 0) is 82.9 Å². The van der Waals surface area contributed by atoms with E-state index >= 15 is 0 Å². The van der Waals surface area contributed by atoms with Gasteiger partial charge in [-0.2, -0.15) is 0 Å². The first-order valence-corrected chi connectivity index (χ1v) is 13.7. The standard InChI is InChI=1S/C37H25N5/c1-2-10-28(11-3-1)34-22-29(23-35(41-34)31-12-4-7-19-38-31)26-15-17-27(18-16-26)30-24-36(32-13-5-8-20-39-32)42-37(25-30)33-14-6-9-21-40-33/h1-25H. The third kappa shape index (κ3) is 5.31. The molecule has 5 nitrogen and oxygen atoms in total. The van der Waals surface area contributed by atoms with Crippen molar-refractivity contribution >= 4 is 0 Å². The highest BCUT2D eigenvalue weighted by atomic mass is 14.8. The summed E-state index contributed by atoms with van der Waals surface area (Å²) >= 11 is 0. The monoisotopic (exact) mass is 539 g/mol. The number of hydrogen-bond acceptors (Lipinski definition) is 5. The second-order valence-electron chi connectivity index (χ2n) is 9.84. The molecule has 5 aromatic heterocycles. The van der Waals surface area contributed by atoms with Crippen molar-refractivity contribution in [2.75, 3.05) is 0 Å². The lowest BCUT2D eigenvalue weighted by atomic mass is 9.97. The van der Waals surface area contributed by atoms with Crippen molar-refractivity contribution in [1.82, 2.24) is 24.9 Å². The lowest BCUT2D eigenvalue weighted by molar-refractivity contribution is 1.22.